The van der Waals surface area contributed by atoms with Gasteiger partial charge in [-0.2, -0.15) is 13.5 Å². The van der Waals surface area contributed by atoms with Crippen molar-refractivity contribution in [2.75, 3.05) is 0 Å². The molecule has 0 saturated carbocycles. The molecule has 0 saturated heterocycles. The van der Waals surface area contributed by atoms with Crippen molar-refractivity contribution in [3.05, 3.63) is 91.3 Å². The molecule has 0 unspecified atom stereocenters. The van der Waals surface area contributed by atoms with Gasteiger partial charge in [0.15, 0.2) is 5.75 Å². The van der Waals surface area contributed by atoms with Crippen molar-refractivity contribution >= 4 is 65.7 Å². The minimum atomic E-state index is -4.01. The lowest BCUT2D eigenvalue weighted by Gasteiger charge is -2.11. The SMILES string of the molecule is Cc1ccc(S(=O)(=O)Oc2c(Br)cc(/C=N\NC(=O)c3ccc(Cl)cc3)cc2Br)cc1. The van der Waals surface area contributed by atoms with Crippen LogP contribution >= 0.6 is 43.5 Å². The van der Waals surface area contributed by atoms with Crippen LogP contribution in [0, 0.1) is 6.92 Å². The highest BCUT2D eigenvalue weighted by atomic mass is 79.9. The van der Waals surface area contributed by atoms with E-state index in [0.29, 0.717) is 25.1 Å². The molecule has 3 aromatic rings. The van der Waals surface area contributed by atoms with Crippen LogP contribution in [0.25, 0.3) is 0 Å². The molecule has 0 bridgehead atoms. The number of nitrogens with one attached hydrogen (secondary N) is 1. The summed E-state index contributed by atoms with van der Waals surface area (Å²) < 4.78 is 31.2. The van der Waals surface area contributed by atoms with Gasteiger partial charge in [0.2, 0.25) is 0 Å². The number of benzene rings is 3. The number of hydrazone groups is 1. The summed E-state index contributed by atoms with van der Waals surface area (Å²) in [4.78, 5) is 12.1. The standard InChI is InChI=1S/C21H15Br2ClN2O4S/c1-13-2-8-17(9-3-13)31(28,29)30-20-18(22)10-14(11-19(20)23)12-25-26-21(27)15-4-6-16(24)7-5-15/h2-12H,1H3,(H,26,27)/b25-12-. The number of aryl methyl sites for hydroxylation is 1. The zero-order valence-electron chi connectivity index (χ0n) is 16.0. The average Bonchev–Trinajstić information content (AvgIpc) is 2.71. The Hall–Kier alpha value is -2.20. The molecule has 0 radical (unpaired) electrons. The van der Waals surface area contributed by atoms with Gasteiger partial charge < -0.3 is 4.18 Å². The second-order valence-electron chi connectivity index (χ2n) is 6.37. The van der Waals surface area contributed by atoms with Crippen molar-refractivity contribution in [2.45, 2.75) is 11.8 Å². The average molecular weight is 587 g/mol. The van der Waals surface area contributed by atoms with E-state index in [9.17, 15) is 13.2 Å². The van der Waals surface area contributed by atoms with Crippen LogP contribution in [-0.2, 0) is 10.1 Å². The molecule has 3 aromatic carbocycles. The Balaban J connectivity index is 1.74. The highest BCUT2D eigenvalue weighted by Crippen LogP contribution is 2.36. The van der Waals surface area contributed by atoms with Crippen LogP contribution in [0.3, 0.4) is 0 Å². The van der Waals surface area contributed by atoms with E-state index in [1.807, 2.05) is 6.92 Å². The van der Waals surface area contributed by atoms with Gasteiger partial charge in [0.05, 0.1) is 15.2 Å². The molecule has 160 valence electrons. The van der Waals surface area contributed by atoms with E-state index < -0.39 is 16.0 Å². The number of hydrogen-bond donors (Lipinski definition) is 1. The summed E-state index contributed by atoms with van der Waals surface area (Å²) in [6.07, 6.45) is 1.42. The first-order chi connectivity index (χ1) is 14.7. The molecule has 0 fully saturated rings. The molecule has 6 nitrogen and oxygen atoms in total. The minimum Gasteiger partial charge on any atom is -0.377 e. The van der Waals surface area contributed by atoms with Crippen molar-refractivity contribution in [1.82, 2.24) is 5.43 Å². The van der Waals surface area contributed by atoms with E-state index in [4.69, 9.17) is 15.8 Å². The number of halogens is 3. The summed E-state index contributed by atoms with van der Waals surface area (Å²) in [6.45, 7) is 1.86. The second-order valence-corrected chi connectivity index (χ2v) is 10.1. The van der Waals surface area contributed by atoms with Crippen molar-refractivity contribution < 1.29 is 17.4 Å². The molecular formula is C21H15Br2ClN2O4S. The number of amides is 1. The Bertz CT molecular complexity index is 1220. The van der Waals surface area contributed by atoms with Crippen molar-refractivity contribution in [2.24, 2.45) is 5.10 Å². The van der Waals surface area contributed by atoms with Gasteiger partial charge in [-0.3, -0.25) is 4.79 Å². The summed E-state index contributed by atoms with van der Waals surface area (Å²) in [5, 5.41) is 4.45. The third-order valence-electron chi connectivity index (χ3n) is 4.01. The molecule has 0 atom stereocenters. The Kier molecular flexibility index (Phi) is 7.53. The third kappa shape index (κ3) is 6.16. The second kappa shape index (κ2) is 9.95. The normalized spacial score (nSPS) is 11.5. The van der Waals surface area contributed by atoms with Gasteiger partial charge in [0, 0.05) is 10.6 Å². The molecule has 10 heteroatoms. The van der Waals surface area contributed by atoms with Gasteiger partial charge in [0.1, 0.15) is 4.90 Å². The third-order valence-corrected chi connectivity index (χ3v) is 6.68. The van der Waals surface area contributed by atoms with E-state index in [2.05, 4.69) is 42.4 Å². The number of rotatable bonds is 6. The molecule has 0 heterocycles. The number of carbonyl (C=O) groups excluding carboxylic acids is 1. The fourth-order valence-electron chi connectivity index (χ4n) is 2.43. The Morgan fingerprint density at radius 1 is 1.03 bits per heavy atom. The summed E-state index contributed by atoms with van der Waals surface area (Å²) in [7, 11) is -4.01. The fourth-order valence-corrected chi connectivity index (χ4v) is 5.12. The Morgan fingerprint density at radius 3 is 2.19 bits per heavy atom. The molecule has 3 rings (SSSR count). The summed E-state index contributed by atoms with van der Waals surface area (Å²) >= 11 is 12.4. The van der Waals surface area contributed by atoms with Gasteiger partial charge in [-0.15, -0.1) is 0 Å². The maximum atomic E-state index is 12.6. The zero-order valence-corrected chi connectivity index (χ0v) is 20.7. The predicted octanol–water partition coefficient (Wildman–Crippen LogP) is 5.71. The Morgan fingerprint density at radius 2 is 1.61 bits per heavy atom. The van der Waals surface area contributed by atoms with Crippen molar-refractivity contribution in [1.29, 1.82) is 0 Å². The lowest BCUT2D eigenvalue weighted by atomic mass is 10.2. The lowest BCUT2D eigenvalue weighted by molar-refractivity contribution is 0.0955. The maximum absolute atomic E-state index is 12.6. The quantitative estimate of drug-likeness (QED) is 0.228. The Labute approximate surface area is 201 Å². The monoisotopic (exact) mass is 584 g/mol. The van der Waals surface area contributed by atoms with Gasteiger partial charge in [0.25, 0.3) is 5.91 Å². The summed E-state index contributed by atoms with van der Waals surface area (Å²) in [5.41, 5.74) is 4.36. The van der Waals surface area contributed by atoms with Crippen LogP contribution in [0.1, 0.15) is 21.5 Å². The predicted molar refractivity (Wildman–Crippen MR) is 127 cm³/mol. The molecule has 1 N–H and O–H groups in total. The highest BCUT2D eigenvalue weighted by Gasteiger charge is 2.20. The molecule has 0 spiro atoms. The topological polar surface area (TPSA) is 84.8 Å². The maximum Gasteiger partial charge on any atom is 0.339 e. The first-order valence-corrected chi connectivity index (χ1v) is 12.1. The van der Waals surface area contributed by atoms with Crippen molar-refractivity contribution in [3.8, 4) is 5.75 Å². The first kappa shape index (κ1) is 23.5. The van der Waals surface area contributed by atoms with Crippen LogP contribution in [0.2, 0.25) is 5.02 Å². The number of carbonyl (C=O) groups is 1. The molecule has 0 aliphatic heterocycles. The zero-order chi connectivity index (χ0) is 22.6. The number of nitrogens with zero attached hydrogens (tertiary/aromatic N) is 1. The van der Waals surface area contributed by atoms with Gasteiger partial charge in [-0.25, -0.2) is 5.43 Å². The molecule has 0 aliphatic carbocycles. The van der Waals surface area contributed by atoms with Crippen LogP contribution in [-0.4, -0.2) is 20.5 Å². The van der Waals surface area contributed by atoms with Gasteiger partial charge >= 0.3 is 10.1 Å². The van der Waals surface area contributed by atoms with Crippen LogP contribution in [0.15, 0.2) is 79.6 Å². The summed E-state index contributed by atoms with van der Waals surface area (Å²) in [6, 6.07) is 16.0. The molecule has 31 heavy (non-hydrogen) atoms. The van der Waals surface area contributed by atoms with E-state index in [-0.39, 0.29) is 10.6 Å². The minimum absolute atomic E-state index is 0.0486. The number of hydrogen-bond acceptors (Lipinski definition) is 5. The smallest absolute Gasteiger partial charge is 0.339 e. The summed E-state index contributed by atoms with van der Waals surface area (Å²) in [5.74, 6) is -0.293. The van der Waals surface area contributed by atoms with Gasteiger partial charge in [-0.1, -0.05) is 29.3 Å². The van der Waals surface area contributed by atoms with Crippen LogP contribution in [0.4, 0.5) is 0 Å². The van der Waals surface area contributed by atoms with Crippen LogP contribution in [0.5, 0.6) is 5.75 Å². The molecule has 0 aromatic heterocycles. The van der Waals surface area contributed by atoms with E-state index >= 15 is 0 Å². The largest absolute Gasteiger partial charge is 0.377 e. The fraction of sp³-hybridized carbons (Fsp3) is 0.0476. The van der Waals surface area contributed by atoms with E-state index in [0.717, 1.165) is 5.56 Å². The first-order valence-electron chi connectivity index (χ1n) is 8.75. The lowest BCUT2D eigenvalue weighted by Crippen LogP contribution is -2.17. The van der Waals surface area contributed by atoms with Gasteiger partial charge in [-0.05, 0) is 92.9 Å². The van der Waals surface area contributed by atoms with Crippen LogP contribution < -0.4 is 9.61 Å². The highest BCUT2D eigenvalue weighted by molar-refractivity contribution is 9.11. The molecule has 1 amide bonds. The van der Waals surface area contributed by atoms with Crippen molar-refractivity contribution in [3.63, 3.8) is 0 Å². The molecular weight excluding hydrogens is 572 g/mol. The molecule has 0 aliphatic rings. The van der Waals surface area contributed by atoms with E-state index in [1.54, 1.807) is 48.5 Å². The van der Waals surface area contributed by atoms with E-state index in [1.165, 1.54) is 18.3 Å².